The molecule has 4 bridgehead atoms. The Morgan fingerprint density at radius 1 is 1.09 bits per heavy atom. The van der Waals surface area contributed by atoms with Gasteiger partial charge in [0.05, 0.1) is 12.2 Å². The van der Waals surface area contributed by atoms with Crippen molar-refractivity contribution in [2.75, 3.05) is 5.32 Å². The highest BCUT2D eigenvalue weighted by molar-refractivity contribution is 5.99. The molecule has 5 aliphatic rings. The summed E-state index contributed by atoms with van der Waals surface area (Å²) in [4.78, 5) is 13.4. The lowest BCUT2D eigenvalue weighted by atomic mass is 9.53. The zero-order chi connectivity index (χ0) is 23.0. The van der Waals surface area contributed by atoms with E-state index in [1.807, 2.05) is 0 Å². The van der Waals surface area contributed by atoms with Crippen molar-refractivity contribution in [1.82, 2.24) is 15.1 Å². The molecule has 7 rings (SSSR count). The molecule has 0 unspecified atom stereocenters. The highest BCUT2D eigenvalue weighted by Crippen LogP contribution is 2.56. The summed E-state index contributed by atoms with van der Waals surface area (Å²) in [6.45, 7) is 0. The van der Waals surface area contributed by atoms with Crippen LogP contribution < -0.4 is 10.6 Å². The van der Waals surface area contributed by atoms with Crippen LogP contribution in [0.15, 0.2) is 30.5 Å². The Balaban J connectivity index is 1.32. The van der Waals surface area contributed by atoms with Gasteiger partial charge in [-0.25, -0.2) is 4.68 Å². The highest BCUT2D eigenvalue weighted by Gasteiger charge is 2.52. The number of fused-ring (bicyclic) bond motifs is 1. The lowest BCUT2D eigenvalue weighted by Crippen LogP contribution is -2.59. The Hall–Kier alpha value is -2.71. The van der Waals surface area contributed by atoms with Crippen molar-refractivity contribution < 1.29 is 23.1 Å². The fourth-order valence-corrected chi connectivity index (χ4v) is 7.29. The molecule has 0 saturated heterocycles. The first-order chi connectivity index (χ1) is 15.7. The van der Waals surface area contributed by atoms with Gasteiger partial charge in [0.1, 0.15) is 17.1 Å². The van der Waals surface area contributed by atoms with Gasteiger partial charge in [-0.2, -0.15) is 18.3 Å². The zero-order valence-corrected chi connectivity index (χ0v) is 18.1. The minimum Gasteiger partial charge on any atom is -0.508 e. The first-order valence-electron chi connectivity index (χ1n) is 11.7. The van der Waals surface area contributed by atoms with Crippen LogP contribution in [0.3, 0.4) is 0 Å². The molecule has 3 N–H and O–H groups in total. The van der Waals surface area contributed by atoms with Crippen LogP contribution in [0.2, 0.25) is 0 Å². The van der Waals surface area contributed by atoms with Crippen molar-refractivity contribution in [3.8, 4) is 5.75 Å². The first-order valence-corrected chi connectivity index (χ1v) is 11.7. The number of alkyl halides is 3. The third kappa shape index (κ3) is 3.47. The Bertz CT molecular complexity index is 1060. The molecule has 4 aliphatic carbocycles. The van der Waals surface area contributed by atoms with Crippen LogP contribution in [-0.2, 0) is 0 Å². The van der Waals surface area contributed by atoms with E-state index in [1.54, 1.807) is 18.2 Å². The van der Waals surface area contributed by atoms with Gasteiger partial charge in [0.25, 0.3) is 5.91 Å². The van der Waals surface area contributed by atoms with E-state index in [0.717, 1.165) is 23.9 Å². The van der Waals surface area contributed by atoms with Crippen molar-refractivity contribution in [3.05, 3.63) is 41.6 Å². The number of anilines is 1. The van der Waals surface area contributed by atoms with E-state index in [4.69, 9.17) is 0 Å². The van der Waals surface area contributed by atoms with Crippen molar-refractivity contribution in [2.45, 2.75) is 68.7 Å². The topological polar surface area (TPSA) is 79.2 Å². The molecule has 4 saturated carbocycles. The number of carbonyl (C=O) groups excluding carboxylic acids is 1. The molecular weight excluding hydrogens is 433 g/mol. The molecule has 4 fully saturated rings. The number of benzene rings is 1. The number of halogens is 3. The van der Waals surface area contributed by atoms with E-state index >= 15 is 0 Å². The molecule has 176 valence electrons. The Morgan fingerprint density at radius 2 is 1.73 bits per heavy atom. The summed E-state index contributed by atoms with van der Waals surface area (Å²) in [7, 11) is 0. The van der Waals surface area contributed by atoms with Gasteiger partial charge >= 0.3 is 6.18 Å². The average molecular weight is 461 g/mol. The predicted molar refractivity (Wildman–Crippen MR) is 115 cm³/mol. The second-order valence-corrected chi connectivity index (χ2v) is 10.6. The van der Waals surface area contributed by atoms with E-state index in [0.29, 0.717) is 23.3 Å². The lowest BCUT2D eigenvalue weighted by molar-refractivity contribution is -0.173. The number of amides is 1. The summed E-state index contributed by atoms with van der Waals surface area (Å²) in [6, 6.07) is 3.66. The van der Waals surface area contributed by atoms with Crippen LogP contribution in [0.1, 0.15) is 73.0 Å². The van der Waals surface area contributed by atoms with Crippen LogP contribution >= 0.6 is 0 Å². The van der Waals surface area contributed by atoms with Crippen molar-refractivity contribution in [1.29, 1.82) is 0 Å². The van der Waals surface area contributed by atoms with Crippen molar-refractivity contribution >= 4 is 11.7 Å². The van der Waals surface area contributed by atoms with E-state index in [-0.39, 0.29) is 35.0 Å². The van der Waals surface area contributed by atoms with E-state index in [1.165, 1.54) is 31.5 Å². The van der Waals surface area contributed by atoms with Gasteiger partial charge in [0, 0.05) is 17.5 Å². The van der Waals surface area contributed by atoms with Gasteiger partial charge in [-0.3, -0.25) is 4.79 Å². The standard InChI is InChI=1S/C24H27F3N4O2/c25-24(26,27)20-8-18(16-3-1-2-4-19(16)32)29-21-17(12-28-31(20)21)22(33)30-23-9-13-5-14(10-23)7-15(6-13)11-23/h1-4,12-15,18,20,29,32H,5-11H2,(H,30,33)/t13?,14?,15?,18-,20+,23?/m0/s1. The van der Waals surface area contributed by atoms with Gasteiger partial charge in [0.15, 0.2) is 6.04 Å². The number of para-hydroxylation sites is 1. The quantitative estimate of drug-likeness (QED) is 0.606. The molecule has 2 heterocycles. The molecule has 9 heteroatoms. The number of hydrogen-bond donors (Lipinski definition) is 3. The summed E-state index contributed by atoms with van der Waals surface area (Å²) in [5.74, 6) is 1.51. The molecule has 1 aliphatic heterocycles. The van der Waals surface area contributed by atoms with Gasteiger partial charge in [-0.1, -0.05) is 18.2 Å². The Kier molecular flexibility index (Phi) is 4.52. The van der Waals surface area contributed by atoms with Crippen LogP contribution in [-0.4, -0.2) is 32.5 Å². The summed E-state index contributed by atoms with van der Waals surface area (Å²) in [5, 5.41) is 20.5. The fraction of sp³-hybridized carbons (Fsp3) is 0.583. The number of aromatic hydroxyl groups is 1. The van der Waals surface area contributed by atoms with Crippen molar-refractivity contribution in [2.24, 2.45) is 17.8 Å². The Morgan fingerprint density at radius 3 is 2.33 bits per heavy atom. The van der Waals surface area contributed by atoms with Crippen LogP contribution in [0.25, 0.3) is 0 Å². The number of hydrogen-bond acceptors (Lipinski definition) is 4. The smallest absolute Gasteiger partial charge is 0.410 e. The SMILES string of the molecule is O=C(NC12CC3CC(CC(C3)C1)C2)c1cnn2c1N[C@H](c1ccccc1O)C[C@@H]2C(F)(F)F. The minimum atomic E-state index is -4.54. The van der Waals surface area contributed by atoms with E-state index < -0.39 is 18.3 Å². The molecule has 0 radical (unpaired) electrons. The second-order valence-electron chi connectivity index (χ2n) is 10.6. The fourth-order valence-electron chi connectivity index (χ4n) is 7.29. The maximum Gasteiger partial charge on any atom is 0.410 e. The van der Waals surface area contributed by atoms with Crippen LogP contribution in [0.5, 0.6) is 5.75 Å². The molecule has 2 aromatic rings. The maximum absolute atomic E-state index is 14.0. The average Bonchev–Trinajstić information content (AvgIpc) is 3.15. The molecule has 0 spiro atoms. The number of nitrogens with one attached hydrogen (secondary N) is 2. The predicted octanol–water partition coefficient (Wildman–Crippen LogP) is 4.95. The van der Waals surface area contributed by atoms with Gasteiger partial charge < -0.3 is 15.7 Å². The number of nitrogens with zero attached hydrogens (tertiary/aromatic N) is 2. The number of aromatic nitrogens is 2. The first kappa shape index (κ1) is 20.9. The normalized spacial score (nSPS) is 34.6. The summed E-state index contributed by atoms with van der Waals surface area (Å²) in [5.41, 5.74) is 0.238. The maximum atomic E-state index is 14.0. The van der Waals surface area contributed by atoms with Gasteiger partial charge in [-0.05, 0) is 62.3 Å². The molecular formula is C24H27F3N4O2. The minimum absolute atomic E-state index is 0.0547. The number of rotatable bonds is 3. The van der Waals surface area contributed by atoms with E-state index in [9.17, 15) is 23.1 Å². The summed E-state index contributed by atoms with van der Waals surface area (Å²) < 4.78 is 42.7. The number of phenolic OH excluding ortho intramolecular Hbond substituents is 1. The van der Waals surface area contributed by atoms with Crippen LogP contribution in [0, 0.1) is 17.8 Å². The zero-order valence-electron chi connectivity index (χ0n) is 18.1. The molecule has 6 nitrogen and oxygen atoms in total. The molecule has 1 aromatic carbocycles. The summed E-state index contributed by atoms with van der Waals surface area (Å²) >= 11 is 0. The second kappa shape index (κ2) is 7.14. The number of carbonyl (C=O) groups is 1. The largest absolute Gasteiger partial charge is 0.508 e. The number of phenols is 1. The van der Waals surface area contributed by atoms with Gasteiger partial charge in [0.2, 0.25) is 0 Å². The van der Waals surface area contributed by atoms with Crippen LogP contribution in [0.4, 0.5) is 19.0 Å². The highest BCUT2D eigenvalue weighted by atomic mass is 19.4. The molecule has 33 heavy (non-hydrogen) atoms. The molecule has 1 aromatic heterocycles. The molecule has 1 amide bonds. The van der Waals surface area contributed by atoms with Crippen molar-refractivity contribution in [3.63, 3.8) is 0 Å². The lowest BCUT2D eigenvalue weighted by Gasteiger charge is -2.56. The Labute approximate surface area is 189 Å². The third-order valence-electron chi connectivity index (χ3n) is 8.21. The molecule has 2 atom stereocenters. The summed E-state index contributed by atoms with van der Waals surface area (Å²) in [6.07, 6.45) is 2.92. The van der Waals surface area contributed by atoms with E-state index in [2.05, 4.69) is 15.7 Å². The third-order valence-corrected chi connectivity index (χ3v) is 8.21. The van der Waals surface area contributed by atoms with Gasteiger partial charge in [-0.15, -0.1) is 0 Å². The monoisotopic (exact) mass is 460 g/mol.